The topological polar surface area (TPSA) is 22.1 Å². The SMILES string of the molecule is C=CCOc1ccc(-c2cc(C#CCCCC(C)F)ccc2-c2cccnc2)cc1. The van der Waals surface area contributed by atoms with Gasteiger partial charge in [0.05, 0.1) is 6.17 Å². The molecule has 0 amide bonds. The number of nitrogens with zero attached hydrogens (tertiary/aromatic N) is 1. The van der Waals surface area contributed by atoms with Crippen molar-refractivity contribution < 1.29 is 9.13 Å². The summed E-state index contributed by atoms with van der Waals surface area (Å²) in [4.78, 5) is 4.26. The molecule has 0 saturated carbocycles. The molecule has 3 rings (SSSR count). The lowest BCUT2D eigenvalue weighted by Gasteiger charge is -2.12. The molecule has 1 unspecified atom stereocenters. The third-order valence-corrected chi connectivity index (χ3v) is 4.66. The van der Waals surface area contributed by atoms with Gasteiger partial charge in [-0.2, -0.15) is 0 Å². The summed E-state index contributed by atoms with van der Waals surface area (Å²) in [7, 11) is 0. The Morgan fingerprint density at radius 1 is 1.10 bits per heavy atom. The van der Waals surface area contributed by atoms with Crippen LogP contribution in [0.25, 0.3) is 22.3 Å². The van der Waals surface area contributed by atoms with Gasteiger partial charge in [-0.15, -0.1) is 0 Å². The quantitative estimate of drug-likeness (QED) is 0.234. The molecule has 1 aromatic heterocycles. The fraction of sp³-hybridized carbons (Fsp3) is 0.222. The lowest BCUT2D eigenvalue weighted by molar-refractivity contribution is 0.336. The fourth-order valence-electron chi connectivity index (χ4n) is 3.16. The van der Waals surface area contributed by atoms with E-state index in [2.05, 4.69) is 41.6 Å². The number of halogens is 1. The number of hydrogen-bond acceptors (Lipinski definition) is 2. The Balaban J connectivity index is 1.91. The zero-order valence-corrected chi connectivity index (χ0v) is 17.3. The highest BCUT2D eigenvalue weighted by Gasteiger charge is 2.09. The molecule has 1 heterocycles. The van der Waals surface area contributed by atoms with Crippen molar-refractivity contribution in [3.05, 3.63) is 85.2 Å². The number of benzene rings is 2. The number of unbranched alkanes of at least 4 members (excludes halogenated alkanes) is 1. The van der Waals surface area contributed by atoms with Gasteiger partial charge in [-0.05, 0) is 66.8 Å². The Labute approximate surface area is 178 Å². The van der Waals surface area contributed by atoms with E-state index in [1.807, 2.05) is 42.6 Å². The number of pyridine rings is 1. The van der Waals surface area contributed by atoms with Crippen molar-refractivity contribution in [3.8, 4) is 39.8 Å². The lowest BCUT2D eigenvalue weighted by atomic mass is 9.93. The predicted molar refractivity (Wildman–Crippen MR) is 122 cm³/mol. The second kappa shape index (κ2) is 11.0. The molecule has 152 valence electrons. The van der Waals surface area contributed by atoms with Crippen LogP contribution >= 0.6 is 0 Å². The standard InChI is InChI=1S/C27H26FNO/c1-3-18-30-25-14-12-23(13-15-25)27-19-22(9-6-4-5-8-21(2)28)11-16-26(27)24-10-7-17-29-20-24/h3,7,10-17,19-21H,1,4-5,8,18H2,2H3. The minimum Gasteiger partial charge on any atom is -0.490 e. The monoisotopic (exact) mass is 399 g/mol. The van der Waals surface area contributed by atoms with E-state index in [9.17, 15) is 4.39 Å². The zero-order chi connectivity index (χ0) is 21.2. The van der Waals surface area contributed by atoms with Crippen LogP contribution in [0.1, 0.15) is 31.7 Å². The van der Waals surface area contributed by atoms with Crippen molar-refractivity contribution in [1.29, 1.82) is 0 Å². The Morgan fingerprint density at radius 3 is 2.63 bits per heavy atom. The first-order chi connectivity index (χ1) is 14.7. The summed E-state index contributed by atoms with van der Waals surface area (Å²) in [5, 5.41) is 0. The van der Waals surface area contributed by atoms with E-state index in [1.54, 1.807) is 19.2 Å². The number of hydrogen-bond donors (Lipinski definition) is 0. The van der Waals surface area contributed by atoms with Crippen LogP contribution in [-0.4, -0.2) is 17.8 Å². The molecule has 2 nitrogen and oxygen atoms in total. The largest absolute Gasteiger partial charge is 0.490 e. The maximum Gasteiger partial charge on any atom is 0.119 e. The summed E-state index contributed by atoms with van der Waals surface area (Å²) in [6, 6.07) is 18.2. The van der Waals surface area contributed by atoms with Crippen LogP contribution in [0.4, 0.5) is 4.39 Å². The fourth-order valence-corrected chi connectivity index (χ4v) is 3.16. The van der Waals surface area contributed by atoms with Gasteiger partial charge in [0.1, 0.15) is 12.4 Å². The van der Waals surface area contributed by atoms with Crippen molar-refractivity contribution >= 4 is 0 Å². The molecule has 3 aromatic rings. The maximum absolute atomic E-state index is 12.9. The Hall–Kier alpha value is -3.38. The number of alkyl halides is 1. The van der Waals surface area contributed by atoms with Crippen LogP contribution < -0.4 is 4.74 Å². The Kier molecular flexibility index (Phi) is 7.80. The normalized spacial score (nSPS) is 11.3. The molecule has 0 bridgehead atoms. The van der Waals surface area contributed by atoms with E-state index in [4.69, 9.17) is 4.74 Å². The molecule has 0 aliphatic rings. The summed E-state index contributed by atoms with van der Waals surface area (Å²) in [5.74, 6) is 7.20. The lowest BCUT2D eigenvalue weighted by Crippen LogP contribution is -1.93. The highest BCUT2D eigenvalue weighted by Crippen LogP contribution is 2.33. The van der Waals surface area contributed by atoms with E-state index < -0.39 is 6.17 Å². The summed E-state index contributed by atoms with van der Waals surface area (Å²) in [5.41, 5.74) is 5.26. The van der Waals surface area contributed by atoms with E-state index >= 15 is 0 Å². The van der Waals surface area contributed by atoms with Gasteiger partial charge in [-0.3, -0.25) is 4.98 Å². The van der Waals surface area contributed by atoms with Gasteiger partial charge in [0.25, 0.3) is 0 Å². The second-order valence-electron chi connectivity index (χ2n) is 7.10. The highest BCUT2D eigenvalue weighted by atomic mass is 19.1. The predicted octanol–water partition coefficient (Wildman–Crippen LogP) is 6.86. The third-order valence-electron chi connectivity index (χ3n) is 4.66. The minimum absolute atomic E-state index is 0.479. The van der Waals surface area contributed by atoms with E-state index in [-0.39, 0.29) is 0 Å². The van der Waals surface area contributed by atoms with Crippen molar-refractivity contribution in [2.45, 2.75) is 32.4 Å². The van der Waals surface area contributed by atoms with Crippen molar-refractivity contribution in [2.24, 2.45) is 0 Å². The van der Waals surface area contributed by atoms with Gasteiger partial charge in [-0.1, -0.05) is 48.8 Å². The van der Waals surface area contributed by atoms with Gasteiger partial charge in [0, 0.05) is 29.9 Å². The zero-order valence-electron chi connectivity index (χ0n) is 17.3. The van der Waals surface area contributed by atoms with Crippen molar-refractivity contribution in [3.63, 3.8) is 0 Å². The van der Waals surface area contributed by atoms with Crippen molar-refractivity contribution in [1.82, 2.24) is 4.98 Å². The number of aromatic nitrogens is 1. The highest BCUT2D eigenvalue weighted by molar-refractivity contribution is 5.84. The average Bonchev–Trinajstić information content (AvgIpc) is 2.78. The van der Waals surface area contributed by atoms with Gasteiger partial charge in [-0.25, -0.2) is 4.39 Å². The summed E-state index contributed by atoms with van der Waals surface area (Å²) in [6.07, 6.45) is 6.62. The van der Waals surface area contributed by atoms with Gasteiger partial charge in [0.2, 0.25) is 0 Å². The van der Waals surface area contributed by atoms with E-state index in [1.165, 1.54) is 0 Å². The summed E-state index contributed by atoms with van der Waals surface area (Å²) in [6.45, 7) is 5.74. The Bertz CT molecular complexity index is 1010. The molecule has 0 spiro atoms. The van der Waals surface area contributed by atoms with E-state index in [0.717, 1.165) is 40.0 Å². The van der Waals surface area contributed by atoms with Crippen LogP contribution in [0.3, 0.4) is 0 Å². The molecule has 0 saturated heterocycles. The van der Waals surface area contributed by atoms with Gasteiger partial charge in [0.15, 0.2) is 0 Å². The molecule has 1 atom stereocenters. The second-order valence-corrected chi connectivity index (χ2v) is 7.10. The molecule has 2 aromatic carbocycles. The maximum atomic E-state index is 12.9. The first-order valence-electron chi connectivity index (χ1n) is 10.2. The first kappa shape index (κ1) is 21.3. The molecule has 0 aliphatic carbocycles. The molecular weight excluding hydrogens is 373 g/mol. The summed E-state index contributed by atoms with van der Waals surface area (Å²) < 4.78 is 18.5. The van der Waals surface area contributed by atoms with Gasteiger partial charge < -0.3 is 4.74 Å². The minimum atomic E-state index is -0.768. The molecule has 0 aliphatic heterocycles. The van der Waals surface area contributed by atoms with Crippen LogP contribution in [-0.2, 0) is 0 Å². The molecule has 0 N–H and O–H groups in total. The molecule has 30 heavy (non-hydrogen) atoms. The van der Waals surface area contributed by atoms with Crippen LogP contribution in [0.5, 0.6) is 5.75 Å². The smallest absolute Gasteiger partial charge is 0.119 e. The van der Waals surface area contributed by atoms with Crippen molar-refractivity contribution in [2.75, 3.05) is 6.61 Å². The van der Waals surface area contributed by atoms with Crippen LogP contribution in [0, 0.1) is 11.8 Å². The number of rotatable bonds is 8. The van der Waals surface area contributed by atoms with Gasteiger partial charge >= 0.3 is 0 Å². The Morgan fingerprint density at radius 2 is 1.93 bits per heavy atom. The molecule has 0 radical (unpaired) electrons. The number of ether oxygens (including phenoxy) is 1. The average molecular weight is 400 g/mol. The third kappa shape index (κ3) is 6.06. The summed E-state index contributed by atoms with van der Waals surface area (Å²) >= 11 is 0. The molecule has 0 fully saturated rings. The molecular formula is C27H26FNO. The van der Waals surface area contributed by atoms with E-state index in [0.29, 0.717) is 19.4 Å². The first-order valence-corrected chi connectivity index (χ1v) is 10.2. The van der Waals surface area contributed by atoms with Crippen LogP contribution in [0.2, 0.25) is 0 Å². The van der Waals surface area contributed by atoms with Crippen LogP contribution in [0.15, 0.2) is 79.6 Å². The molecule has 3 heteroatoms.